The zero-order valence-electron chi connectivity index (χ0n) is 10.8. The van der Waals surface area contributed by atoms with E-state index in [0.717, 1.165) is 31.6 Å². The quantitative estimate of drug-likeness (QED) is 0.842. The van der Waals surface area contributed by atoms with Gasteiger partial charge < -0.3 is 5.32 Å². The van der Waals surface area contributed by atoms with Gasteiger partial charge in [-0.1, -0.05) is 25.7 Å². The largest absolute Gasteiger partial charge is 0.343 e. The minimum absolute atomic E-state index is 0.0238. The fourth-order valence-electron chi connectivity index (χ4n) is 3.33. The molecule has 5 heteroatoms. The maximum Gasteiger partial charge on any atom is 0.343 e. The number of nitrogens with one attached hydrogen (secondary N) is 2. The fourth-order valence-corrected chi connectivity index (χ4v) is 3.33. The summed E-state index contributed by atoms with van der Waals surface area (Å²) in [4.78, 5) is 12.0. The predicted molar refractivity (Wildman–Crippen MR) is 69.6 cm³/mol. The second-order valence-electron chi connectivity index (χ2n) is 5.55. The third kappa shape index (κ3) is 2.23. The minimum atomic E-state index is -0.0238. The summed E-state index contributed by atoms with van der Waals surface area (Å²) in [5, 5.41) is 10.4. The number of hydrogen-bond acceptors (Lipinski definition) is 3. The van der Waals surface area contributed by atoms with Crippen LogP contribution in [0.1, 0.15) is 69.3 Å². The molecule has 18 heavy (non-hydrogen) atoms. The maximum atomic E-state index is 12.0. The van der Waals surface area contributed by atoms with Crippen LogP contribution in [0.2, 0.25) is 0 Å². The summed E-state index contributed by atoms with van der Waals surface area (Å²) in [5.41, 5.74) is -0.0238. The summed E-state index contributed by atoms with van der Waals surface area (Å²) in [6.45, 7) is 1.04. The Morgan fingerprint density at radius 1 is 1.06 bits per heavy atom. The Hall–Kier alpha value is -1.10. The Labute approximate surface area is 107 Å². The smallest absolute Gasteiger partial charge is 0.307 e. The monoisotopic (exact) mass is 250 g/mol. The van der Waals surface area contributed by atoms with E-state index in [0.29, 0.717) is 6.04 Å². The van der Waals surface area contributed by atoms with Crippen LogP contribution in [0.25, 0.3) is 0 Å². The number of rotatable bonds is 2. The van der Waals surface area contributed by atoms with Gasteiger partial charge in [-0.25, -0.2) is 9.89 Å². The molecule has 0 spiro atoms. The molecule has 1 unspecified atom stereocenters. The molecule has 1 aromatic heterocycles. The van der Waals surface area contributed by atoms with E-state index in [1.165, 1.54) is 32.1 Å². The molecule has 0 bridgehead atoms. The second-order valence-corrected chi connectivity index (χ2v) is 5.55. The van der Waals surface area contributed by atoms with Gasteiger partial charge in [0, 0.05) is 6.04 Å². The summed E-state index contributed by atoms with van der Waals surface area (Å²) >= 11 is 0. The molecule has 0 radical (unpaired) electrons. The van der Waals surface area contributed by atoms with Gasteiger partial charge in [0.1, 0.15) is 0 Å². The van der Waals surface area contributed by atoms with Gasteiger partial charge in [-0.05, 0) is 32.2 Å². The highest BCUT2D eigenvalue weighted by Crippen LogP contribution is 2.30. The lowest BCUT2D eigenvalue weighted by atomic mass is 9.94. The topological polar surface area (TPSA) is 62.7 Å². The second kappa shape index (κ2) is 5.26. The van der Waals surface area contributed by atoms with Crippen molar-refractivity contribution in [1.82, 2.24) is 20.1 Å². The highest BCUT2D eigenvalue weighted by atomic mass is 16.1. The summed E-state index contributed by atoms with van der Waals surface area (Å²) in [6.07, 6.45) is 9.58. The number of aromatic amines is 1. The summed E-state index contributed by atoms with van der Waals surface area (Å²) in [5.74, 6) is 0.937. The average molecular weight is 250 g/mol. The van der Waals surface area contributed by atoms with Crippen molar-refractivity contribution in [3.63, 3.8) is 0 Å². The highest BCUT2D eigenvalue weighted by molar-refractivity contribution is 4.99. The molecule has 1 saturated heterocycles. The van der Waals surface area contributed by atoms with Crippen LogP contribution in [0.4, 0.5) is 0 Å². The van der Waals surface area contributed by atoms with Crippen molar-refractivity contribution in [2.45, 2.75) is 63.5 Å². The zero-order valence-corrected chi connectivity index (χ0v) is 10.8. The summed E-state index contributed by atoms with van der Waals surface area (Å²) in [6, 6.07) is 0.628. The van der Waals surface area contributed by atoms with Crippen molar-refractivity contribution < 1.29 is 0 Å². The molecule has 2 heterocycles. The first-order valence-corrected chi connectivity index (χ1v) is 7.26. The van der Waals surface area contributed by atoms with Crippen molar-refractivity contribution >= 4 is 0 Å². The van der Waals surface area contributed by atoms with E-state index in [1.54, 1.807) is 0 Å². The predicted octanol–water partition coefficient (Wildman–Crippen LogP) is 1.89. The number of nitrogens with zero attached hydrogens (tertiary/aromatic N) is 2. The minimum Gasteiger partial charge on any atom is -0.307 e. The van der Waals surface area contributed by atoms with Crippen LogP contribution >= 0.6 is 0 Å². The Morgan fingerprint density at radius 2 is 1.83 bits per heavy atom. The van der Waals surface area contributed by atoms with Crippen LogP contribution < -0.4 is 11.0 Å². The molecule has 2 aliphatic rings. The molecule has 100 valence electrons. The van der Waals surface area contributed by atoms with E-state index >= 15 is 0 Å². The molecule has 0 aromatic carbocycles. The van der Waals surface area contributed by atoms with Gasteiger partial charge in [-0.3, -0.25) is 4.57 Å². The number of H-pyrrole nitrogens is 1. The molecule has 1 aromatic rings. The summed E-state index contributed by atoms with van der Waals surface area (Å²) < 4.78 is 1.93. The molecule has 1 aliphatic carbocycles. The van der Waals surface area contributed by atoms with Crippen LogP contribution in [0.5, 0.6) is 0 Å². The molecular weight excluding hydrogens is 228 g/mol. The van der Waals surface area contributed by atoms with Crippen molar-refractivity contribution in [2.24, 2.45) is 0 Å². The molecule has 2 fully saturated rings. The molecular formula is C13H22N4O. The first kappa shape index (κ1) is 12.0. The van der Waals surface area contributed by atoms with Crippen LogP contribution in [-0.4, -0.2) is 21.3 Å². The third-order valence-corrected chi connectivity index (χ3v) is 4.29. The van der Waals surface area contributed by atoms with Crippen LogP contribution in [0.15, 0.2) is 4.79 Å². The standard InChI is InChI=1S/C13H22N4O/c18-13-16-15-12(11-8-4-5-9-14-11)17(13)10-6-2-1-3-7-10/h10-11,14H,1-9H2,(H,16,18). The van der Waals surface area contributed by atoms with E-state index in [4.69, 9.17) is 0 Å². The van der Waals surface area contributed by atoms with Crippen molar-refractivity contribution in [3.05, 3.63) is 16.3 Å². The van der Waals surface area contributed by atoms with E-state index in [9.17, 15) is 4.79 Å². The van der Waals surface area contributed by atoms with E-state index in [2.05, 4.69) is 15.5 Å². The van der Waals surface area contributed by atoms with Gasteiger partial charge >= 0.3 is 5.69 Å². The van der Waals surface area contributed by atoms with Gasteiger partial charge in [0.2, 0.25) is 0 Å². The molecule has 1 saturated carbocycles. The molecule has 1 atom stereocenters. The van der Waals surface area contributed by atoms with Crippen LogP contribution in [0.3, 0.4) is 0 Å². The lowest BCUT2D eigenvalue weighted by molar-refractivity contribution is 0.314. The zero-order chi connectivity index (χ0) is 12.4. The number of hydrogen-bond donors (Lipinski definition) is 2. The normalized spacial score (nSPS) is 26.3. The number of aromatic nitrogens is 3. The summed E-state index contributed by atoms with van der Waals surface area (Å²) in [7, 11) is 0. The maximum absolute atomic E-state index is 12.0. The van der Waals surface area contributed by atoms with Crippen LogP contribution in [-0.2, 0) is 0 Å². The molecule has 2 N–H and O–H groups in total. The van der Waals surface area contributed by atoms with Gasteiger partial charge in [-0.15, -0.1) is 0 Å². The fraction of sp³-hybridized carbons (Fsp3) is 0.846. The first-order chi connectivity index (χ1) is 8.86. The number of piperidine rings is 1. The molecule has 3 rings (SSSR count). The van der Waals surface area contributed by atoms with E-state index in [1.807, 2.05) is 4.57 Å². The lowest BCUT2D eigenvalue weighted by Crippen LogP contribution is -2.33. The molecule has 0 amide bonds. The van der Waals surface area contributed by atoms with Crippen LogP contribution in [0, 0.1) is 0 Å². The Kier molecular flexibility index (Phi) is 3.50. The van der Waals surface area contributed by atoms with Crippen molar-refractivity contribution in [1.29, 1.82) is 0 Å². The third-order valence-electron chi connectivity index (χ3n) is 4.29. The Morgan fingerprint density at radius 3 is 2.56 bits per heavy atom. The van der Waals surface area contributed by atoms with Gasteiger partial charge in [0.15, 0.2) is 5.82 Å². The Balaban J connectivity index is 1.87. The highest BCUT2D eigenvalue weighted by Gasteiger charge is 2.26. The van der Waals surface area contributed by atoms with Gasteiger partial charge in [-0.2, -0.15) is 5.10 Å². The van der Waals surface area contributed by atoms with Gasteiger partial charge in [0.25, 0.3) is 0 Å². The molecule has 5 nitrogen and oxygen atoms in total. The van der Waals surface area contributed by atoms with E-state index in [-0.39, 0.29) is 11.7 Å². The Bertz CT molecular complexity index is 438. The van der Waals surface area contributed by atoms with Crippen molar-refractivity contribution in [3.8, 4) is 0 Å². The van der Waals surface area contributed by atoms with E-state index < -0.39 is 0 Å². The van der Waals surface area contributed by atoms with Gasteiger partial charge in [0.05, 0.1) is 6.04 Å². The average Bonchev–Trinajstić information content (AvgIpc) is 2.83. The SMILES string of the molecule is O=c1[nH]nc(C2CCCCN2)n1C1CCCCC1. The first-order valence-electron chi connectivity index (χ1n) is 7.26. The lowest BCUT2D eigenvalue weighted by Gasteiger charge is -2.27. The van der Waals surface area contributed by atoms with Crippen molar-refractivity contribution in [2.75, 3.05) is 6.54 Å². The molecule has 1 aliphatic heterocycles.